The Balaban J connectivity index is 2.28. The molecule has 19 heavy (non-hydrogen) atoms. The molecule has 1 aromatic rings. The second kappa shape index (κ2) is 5.88. The number of piperazine rings is 1. The summed E-state index contributed by atoms with van der Waals surface area (Å²) in [4.78, 5) is 4.73. The Labute approximate surface area is 115 Å². The highest BCUT2D eigenvalue weighted by molar-refractivity contribution is 5.55. The molecule has 0 bridgehead atoms. The molecule has 0 saturated carbocycles. The Morgan fingerprint density at radius 3 is 2.74 bits per heavy atom. The van der Waals surface area contributed by atoms with E-state index in [1.165, 1.54) is 0 Å². The van der Waals surface area contributed by atoms with Crippen molar-refractivity contribution in [3.63, 3.8) is 0 Å². The molecule has 2 rings (SSSR count). The molecule has 4 heteroatoms. The SMILES string of the molecule is CNC(C)c1cc(F)ccc1N1CCN(C)C(C)C1. The lowest BCUT2D eigenvalue weighted by molar-refractivity contribution is 0.234. The summed E-state index contributed by atoms with van der Waals surface area (Å²) in [6.07, 6.45) is 0. The first-order valence-electron chi connectivity index (χ1n) is 6.95. The molecule has 1 saturated heterocycles. The monoisotopic (exact) mass is 265 g/mol. The van der Waals surface area contributed by atoms with Gasteiger partial charge in [0.2, 0.25) is 0 Å². The van der Waals surface area contributed by atoms with Gasteiger partial charge in [0, 0.05) is 37.4 Å². The van der Waals surface area contributed by atoms with Crippen molar-refractivity contribution in [2.75, 3.05) is 38.6 Å². The van der Waals surface area contributed by atoms with Gasteiger partial charge in [-0.15, -0.1) is 0 Å². The molecule has 1 fully saturated rings. The molecule has 1 aromatic carbocycles. The van der Waals surface area contributed by atoms with Gasteiger partial charge in [-0.3, -0.25) is 0 Å². The molecule has 1 aliphatic heterocycles. The van der Waals surface area contributed by atoms with Gasteiger partial charge in [0.25, 0.3) is 0 Å². The van der Waals surface area contributed by atoms with E-state index >= 15 is 0 Å². The number of nitrogens with zero attached hydrogens (tertiary/aromatic N) is 2. The highest BCUT2D eigenvalue weighted by Crippen LogP contribution is 2.28. The molecule has 1 aliphatic rings. The number of rotatable bonds is 3. The fourth-order valence-electron chi connectivity index (χ4n) is 2.58. The fraction of sp³-hybridized carbons (Fsp3) is 0.600. The zero-order chi connectivity index (χ0) is 14.0. The summed E-state index contributed by atoms with van der Waals surface area (Å²) in [5, 5.41) is 3.20. The van der Waals surface area contributed by atoms with E-state index in [4.69, 9.17) is 0 Å². The summed E-state index contributed by atoms with van der Waals surface area (Å²) in [6, 6.07) is 5.80. The number of hydrogen-bond acceptors (Lipinski definition) is 3. The summed E-state index contributed by atoms with van der Waals surface area (Å²) in [6.45, 7) is 7.34. The smallest absolute Gasteiger partial charge is 0.123 e. The highest BCUT2D eigenvalue weighted by atomic mass is 19.1. The Morgan fingerprint density at radius 2 is 2.11 bits per heavy atom. The normalized spacial score (nSPS) is 22.6. The second-order valence-electron chi connectivity index (χ2n) is 5.49. The Bertz CT molecular complexity index is 435. The number of nitrogens with one attached hydrogen (secondary N) is 1. The molecule has 106 valence electrons. The van der Waals surface area contributed by atoms with Crippen LogP contribution in [0.25, 0.3) is 0 Å². The highest BCUT2D eigenvalue weighted by Gasteiger charge is 2.23. The van der Waals surface area contributed by atoms with Crippen LogP contribution >= 0.6 is 0 Å². The van der Waals surface area contributed by atoms with E-state index in [0.717, 1.165) is 30.9 Å². The van der Waals surface area contributed by atoms with Crippen molar-refractivity contribution in [1.29, 1.82) is 0 Å². The standard InChI is InChI=1S/C15H24FN3/c1-11-10-19(8-7-18(11)4)15-6-5-13(16)9-14(15)12(2)17-3/h5-6,9,11-12,17H,7-8,10H2,1-4H3. The maximum Gasteiger partial charge on any atom is 0.123 e. The molecule has 0 aliphatic carbocycles. The molecular formula is C15H24FN3. The maximum absolute atomic E-state index is 13.5. The van der Waals surface area contributed by atoms with E-state index in [2.05, 4.69) is 36.0 Å². The zero-order valence-electron chi connectivity index (χ0n) is 12.3. The predicted octanol–water partition coefficient (Wildman–Crippen LogP) is 2.25. The minimum atomic E-state index is -0.164. The summed E-state index contributed by atoms with van der Waals surface area (Å²) in [5.41, 5.74) is 2.20. The quantitative estimate of drug-likeness (QED) is 0.904. The molecule has 1 heterocycles. The lowest BCUT2D eigenvalue weighted by atomic mass is 10.0. The first-order chi connectivity index (χ1) is 9.02. The molecular weight excluding hydrogens is 241 g/mol. The van der Waals surface area contributed by atoms with Crippen LogP contribution in [-0.4, -0.2) is 44.7 Å². The lowest BCUT2D eigenvalue weighted by Crippen LogP contribution is -2.50. The average Bonchev–Trinajstić information content (AvgIpc) is 2.41. The average molecular weight is 265 g/mol. The van der Waals surface area contributed by atoms with E-state index < -0.39 is 0 Å². The van der Waals surface area contributed by atoms with Gasteiger partial charge in [-0.05, 0) is 51.7 Å². The molecule has 3 nitrogen and oxygen atoms in total. The second-order valence-corrected chi connectivity index (χ2v) is 5.49. The van der Waals surface area contributed by atoms with Crippen LogP contribution in [0.1, 0.15) is 25.5 Å². The summed E-state index contributed by atoms with van der Waals surface area (Å²) in [5.74, 6) is -0.164. The van der Waals surface area contributed by atoms with E-state index in [0.29, 0.717) is 6.04 Å². The Morgan fingerprint density at radius 1 is 1.37 bits per heavy atom. The first kappa shape index (κ1) is 14.3. The summed E-state index contributed by atoms with van der Waals surface area (Å²) in [7, 11) is 4.07. The van der Waals surface area contributed by atoms with Crippen molar-refractivity contribution in [3.05, 3.63) is 29.6 Å². The van der Waals surface area contributed by atoms with Crippen molar-refractivity contribution in [2.24, 2.45) is 0 Å². The van der Waals surface area contributed by atoms with Gasteiger partial charge in [-0.25, -0.2) is 4.39 Å². The lowest BCUT2D eigenvalue weighted by Gasteiger charge is -2.40. The van der Waals surface area contributed by atoms with Crippen molar-refractivity contribution in [1.82, 2.24) is 10.2 Å². The Hall–Kier alpha value is -1.13. The van der Waals surface area contributed by atoms with Crippen molar-refractivity contribution < 1.29 is 4.39 Å². The van der Waals surface area contributed by atoms with Gasteiger partial charge in [0.1, 0.15) is 5.82 Å². The third-order valence-electron chi connectivity index (χ3n) is 4.19. The van der Waals surface area contributed by atoms with Crippen LogP contribution in [0.3, 0.4) is 0 Å². The third kappa shape index (κ3) is 3.07. The number of halogens is 1. The van der Waals surface area contributed by atoms with Gasteiger partial charge in [-0.2, -0.15) is 0 Å². The van der Waals surface area contributed by atoms with Gasteiger partial charge in [0.05, 0.1) is 0 Å². The Kier molecular flexibility index (Phi) is 4.42. The molecule has 1 N–H and O–H groups in total. The fourth-order valence-corrected chi connectivity index (χ4v) is 2.58. The number of hydrogen-bond donors (Lipinski definition) is 1. The van der Waals surface area contributed by atoms with Crippen LogP contribution < -0.4 is 10.2 Å². The van der Waals surface area contributed by atoms with Gasteiger partial charge in [0.15, 0.2) is 0 Å². The molecule has 0 amide bonds. The first-order valence-corrected chi connectivity index (χ1v) is 6.95. The zero-order valence-corrected chi connectivity index (χ0v) is 12.3. The molecule has 0 aromatic heterocycles. The van der Waals surface area contributed by atoms with Crippen LogP contribution in [0, 0.1) is 5.82 Å². The van der Waals surface area contributed by atoms with Crippen molar-refractivity contribution in [2.45, 2.75) is 25.9 Å². The number of likely N-dealkylation sites (N-methyl/N-ethyl adjacent to an activating group) is 1. The van der Waals surface area contributed by atoms with Crippen LogP contribution in [-0.2, 0) is 0 Å². The van der Waals surface area contributed by atoms with E-state index in [1.807, 2.05) is 13.1 Å². The van der Waals surface area contributed by atoms with Gasteiger partial charge >= 0.3 is 0 Å². The number of anilines is 1. The van der Waals surface area contributed by atoms with Gasteiger partial charge in [-0.1, -0.05) is 0 Å². The molecule has 2 unspecified atom stereocenters. The summed E-state index contributed by atoms with van der Waals surface area (Å²) >= 11 is 0. The minimum absolute atomic E-state index is 0.153. The predicted molar refractivity (Wildman–Crippen MR) is 78.2 cm³/mol. The maximum atomic E-state index is 13.5. The molecule has 0 radical (unpaired) electrons. The minimum Gasteiger partial charge on any atom is -0.368 e. The largest absolute Gasteiger partial charge is 0.368 e. The van der Waals surface area contributed by atoms with Crippen LogP contribution in [0.2, 0.25) is 0 Å². The van der Waals surface area contributed by atoms with Crippen molar-refractivity contribution >= 4 is 5.69 Å². The van der Waals surface area contributed by atoms with Crippen LogP contribution in [0.5, 0.6) is 0 Å². The molecule has 0 spiro atoms. The van der Waals surface area contributed by atoms with E-state index in [9.17, 15) is 4.39 Å². The molecule has 2 atom stereocenters. The van der Waals surface area contributed by atoms with Crippen LogP contribution in [0.15, 0.2) is 18.2 Å². The van der Waals surface area contributed by atoms with E-state index in [1.54, 1.807) is 12.1 Å². The number of benzene rings is 1. The topological polar surface area (TPSA) is 18.5 Å². The van der Waals surface area contributed by atoms with Gasteiger partial charge < -0.3 is 15.1 Å². The van der Waals surface area contributed by atoms with E-state index in [-0.39, 0.29) is 11.9 Å². The van der Waals surface area contributed by atoms with Crippen LogP contribution in [0.4, 0.5) is 10.1 Å². The summed E-state index contributed by atoms with van der Waals surface area (Å²) < 4.78 is 13.5. The third-order valence-corrected chi connectivity index (χ3v) is 4.19. The van der Waals surface area contributed by atoms with Crippen molar-refractivity contribution in [3.8, 4) is 0 Å².